The normalized spacial score (nSPS) is 14.1. The van der Waals surface area contributed by atoms with Crippen molar-refractivity contribution in [2.45, 2.75) is 51.6 Å². The van der Waals surface area contributed by atoms with E-state index < -0.39 is 24.1 Å². The van der Waals surface area contributed by atoms with Crippen LogP contribution < -0.4 is 10.2 Å². The summed E-state index contributed by atoms with van der Waals surface area (Å²) in [6.45, 7) is 3.81. The molecule has 0 bridgehead atoms. The third-order valence-electron chi connectivity index (χ3n) is 5.40. The minimum atomic E-state index is -1.70. The molecule has 2 aromatic carbocycles. The molecule has 0 fully saturated rings. The molecule has 0 spiro atoms. The van der Waals surface area contributed by atoms with Gasteiger partial charge in [0.2, 0.25) is 6.23 Å². The lowest BCUT2D eigenvalue weighted by molar-refractivity contribution is -0.825. The van der Waals surface area contributed by atoms with E-state index in [-0.39, 0.29) is 25.0 Å². The molecular formula is C23H29ClFN6O4+. The van der Waals surface area contributed by atoms with Crippen molar-refractivity contribution in [2.75, 3.05) is 6.54 Å². The van der Waals surface area contributed by atoms with Gasteiger partial charge in [0.25, 0.3) is 0 Å². The molecule has 3 rings (SSSR count). The van der Waals surface area contributed by atoms with Gasteiger partial charge in [0.05, 0.1) is 11.6 Å². The molecule has 188 valence electrons. The van der Waals surface area contributed by atoms with E-state index in [0.29, 0.717) is 16.1 Å². The molecule has 3 atom stereocenters. The molecule has 0 saturated carbocycles. The quantitative estimate of drug-likeness (QED) is 0.143. The lowest BCUT2D eigenvalue weighted by Crippen LogP contribution is -2.47. The summed E-state index contributed by atoms with van der Waals surface area (Å²) in [5.74, 6) is -1.74. The highest BCUT2D eigenvalue weighted by Crippen LogP contribution is 2.26. The zero-order valence-electron chi connectivity index (χ0n) is 19.4. The summed E-state index contributed by atoms with van der Waals surface area (Å²) in [4.78, 5) is 12.7. The molecule has 0 amide bonds. The number of hydrogen-bond acceptors (Lipinski definition) is 7. The Morgan fingerprint density at radius 1 is 1.26 bits per heavy atom. The Kier molecular flexibility index (Phi) is 9.24. The fourth-order valence-corrected chi connectivity index (χ4v) is 3.69. The minimum Gasteiger partial charge on any atom is -0.479 e. The van der Waals surface area contributed by atoms with Gasteiger partial charge in [-0.25, -0.2) is 19.6 Å². The highest BCUT2D eigenvalue weighted by atomic mass is 35.5. The van der Waals surface area contributed by atoms with Crippen molar-refractivity contribution < 1.29 is 29.3 Å². The van der Waals surface area contributed by atoms with Crippen molar-refractivity contribution >= 4 is 17.6 Å². The zero-order valence-corrected chi connectivity index (χ0v) is 20.2. The number of carboxylic acid groups (broad SMARTS) is 1. The van der Waals surface area contributed by atoms with Gasteiger partial charge in [-0.3, -0.25) is 0 Å². The third-order valence-corrected chi connectivity index (χ3v) is 5.63. The fraction of sp³-hybridized carbons (Fsp3) is 0.391. The van der Waals surface area contributed by atoms with Crippen LogP contribution in [-0.2, 0) is 11.3 Å². The summed E-state index contributed by atoms with van der Waals surface area (Å²) < 4.78 is 14.2. The molecule has 0 aliphatic carbocycles. The van der Waals surface area contributed by atoms with E-state index in [1.807, 2.05) is 6.92 Å². The van der Waals surface area contributed by atoms with Crippen molar-refractivity contribution in [2.24, 2.45) is 0 Å². The van der Waals surface area contributed by atoms with Crippen LogP contribution in [0.4, 0.5) is 4.39 Å². The Labute approximate surface area is 206 Å². The SMILES string of the molecule is CCCC(C)[n+]1nc(C(O)NN(Cc2ccc(-c3cc(Cl)ccc3F)cc2)CC(O)C(=O)O)n[nH]1. The van der Waals surface area contributed by atoms with Gasteiger partial charge >= 0.3 is 11.8 Å². The summed E-state index contributed by atoms with van der Waals surface area (Å²) in [6, 6.07) is 11.2. The number of aromatic nitrogens is 4. The van der Waals surface area contributed by atoms with Crippen LogP contribution in [0.3, 0.4) is 0 Å². The van der Waals surface area contributed by atoms with Crippen molar-refractivity contribution in [3.63, 3.8) is 0 Å². The number of aliphatic hydroxyl groups is 2. The largest absolute Gasteiger partial charge is 0.479 e. The number of hydrogen-bond donors (Lipinski definition) is 5. The first-order valence-corrected chi connectivity index (χ1v) is 11.5. The average Bonchev–Trinajstić information content (AvgIpc) is 3.32. The molecule has 0 aliphatic heterocycles. The number of tetrazole rings is 1. The molecule has 3 unspecified atom stereocenters. The number of benzene rings is 2. The maximum atomic E-state index is 14.2. The highest BCUT2D eigenvalue weighted by molar-refractivity contribution is 6.30. The molecule has 0 aliphatic rings. The fourth-order valence-electron chi connectivity index (χ4n) is 3.52. The van der Waals surface area contributed by atoms with Gasteiger partial charge in [-0.2, -0.15) is 0 Å². The van der Waals surface area contributed by atoms with Crippen LogP contribution in [-0.4, -0.2) is 54.4 Å². The summed E-state index contributed by atoms with van der Waals surface area (Å²) in [5.41, 5.74) is 4.43. The van der Waals surface area contributed by atoms with Gasteiger partial charge in [-0.1, -0.05) is 54.0 Å². The van der Waals surface area contributed by atoms with Crippen LogP contribution in [0.25, 0.3) is 11.1 Å². The van der Waals surface area contributed by atoms with E-state index in [9.17, 15) is 19.4 Å². The van der Waals surface area contributed by atoms with Gasteiger partial charge in [0, 0.05) is 17.1 Å². The van der Waals surface area contributed by atoms with Gasteiger partial charge < -0.3 is 15.3 Å². The second kappa shape index (κ2) is 12.1. The molecule has 12 heteroatoms. The summed E-state index contributed by atoms with van der Waals surface area (Å²) >= 11 is 5.98. The predicted octanol–water partition coefficient (Wildman–Crippen LogP) is 2.36. The molecular weight excluding hydrogens is 479 g/mol. The second-order valence-electron chi connectivity index (χ2n) is 8.24. The first-order valence-electron chi connectivity index (χ1n) is 11.2. The number of aromatic amines is 1. The Balaban J connectivity index is 1.74. The Bertz CT molecular complexity index is 1130. The lowest BCUT2D eigenvalue weighted by atomic mass is 10.0. The topological polar surface area (TPSA) is 138 Å². The van der Waals surface area contributed by atoms with Gasteiger partial charge in [0.15, 0.2) is 6.10 Å². The Hall–Kier alpha value is -2.96. The van der Waals surface area contributed by atoms with Crippen LogP contribution in [0.5, 0.6) is 0 Å². The van der Waals surface area contributed by atoms with Crippen molar-refractivity contribution in [3.8, 4) is 11.1 Å². The number of nitrogens with one attached hydrogen (secondary N) is 2. The maximum absolute atomic E-state index is 14.2. The lowest BCUT2D eigenvalue weighted by Gasteiger charge is -2.25. The number of rotatable bonds is 12. The van der Waals surface area contributed by atoms with E-state index in [0.717, 1.165) is 18.4 Å². The van der Waals surface area contributed by atoms with Crippen molar-refractivity contribution in [3.05, 3.63) is 64.7 Å². The molecule has 35 heavy (non-hydrogen) atoms. The van der Waals surface area contributed by atoms with Gasteiger partial charge in [-0.05, 0) is 53.0 Å². The monoisotopic (exact) mass is 507 g/mol. The van der Waals surface area contributed by atoms with Gasteiger partial charge in [-0.15, -0.1) is 0 Å². The van der Waals surface area contributed by atoms with E-state index >= 15 is 0 Å². The third kappa shape index (κ3) is 7.26. The molecule has 0 radical (unpaired) electrons. The molecule has 3 aromatic rings. The van der Waals surface area contributed by atoms with Crippen LogP contribution in [0.1, 0.15) is 50.3 Å². The van der Waals surface area contributed by atoms with E-state index in [1.54, 1.807) is 24.3 Å². The number of nitrogens with zero attached hydrogens (tertiary/aromatic N) is 4. The molecule has 1 heterocycles. The van der Waals surface area contributed by atoms with Crippen molar-refractivity contribution in [1.29, 1.82) is 0 Å². The Morgan fingerprint density at radius 3 is 2.63 bits per heavy atom. The van der Waals surface area contributed by atoms with Crippen LogP contribution in [0.15, 0.2) is 42.5 Å². The van der Waals surface area contributed by atoms with Crippen LogP contribution in [0, 0.1) is 5.82 Å². The molecule has 0 saturated heterocycles. The summed E-state index contributed by atoms with van der Waals surface area (Å²) in [5, 5.41) is 42.4. The number of carboxylic acids is 1. The molecule has 1 aromatic heterocycles. The highest BCUT2D eigenvalue weighted by Gasteiger charge is 2.27. The second-order valence-corrected chi connectivity index (χ2v) is 8.68. The first kappa shape index (κ1) is 26.6. The van der Waals surface area contributed by atoms with Crippen LogP contribution in [0.2, 0.25) is 5.02 Å². The number of carbonyl (C=O) groups is 1. The number of hydrazine groups is 1. The number of H-pyrrole nitrogens is 1. The smallest absolute Gasteiger partial charge is 0.352 e. The first-order chi connectivity index (χ1) is 16.7. The number of aliphatic hydroxyl groups excluding tert-OH is 2. The average molecular weight is 508 g/mol. The zero-order chi connectivity index (χ0) is 25.5. The standard InChI is InChI=1S/C23H28ClFN6O4/c1-3-4-14(2)31-27-21(26-29-31)22(33)28-30(13-20(32)23(34)35)12-15-5-7-16(8-6-15)18-11-17(24)9-10-19(18)25/h5-11,14,20,22,28,32-33H,3-4,12-13H2,1-2H3,(H,34,35)/p+1. The van der Waals surface area contributed by atoms with Gasteiger partial charge in [0.1, 0.15) is 11.9 Å². The van der Waals surface area contributed by atoms with E-state index in [2.05, 4.69) is 27.8 Å². The minimum absolute atomic E-state index is 0.0567. The van der Waals surface area contributed by atoms with E-state index in [4.69, 9.17) is 16.7 Å². The molecule has 5 N–H and O–H groups in total. The summed E-state index contributed by atoms with van der Waals surface area (Å²) in [7, 11) is 0. The van der Waals surface area contributed by atoms with E-state index in [1.165, 1.54) is 28.0 Å². The number of halogens is 2. The molecule has 10 nitrogen and oxygen atoms in total. The van der Waals surface area contributed by atoms with Crippen molar-refractivity contribution in [1.82, 2.24) is 25.8 Å². The maximum Gasteiger partial charge on any atom is 0.352 e. The summed E-state index contributed by atoms with van der Waals surface area (Å²) in [6.07, 6.45) is -1.23. The Morgan fingerprint density at radius 2 is 1.97 bits per heavy atom. The predicted molar refractivity (Wildman–Crippen MR) is 125 cm³/mol. The number of aliphatic carboxylic acids is 1. The van der Waals surface area contributed by atoms with Crippen LogP contribution >= 0.6 is 11.6 Å².